The molecule has 4 amide bonds. The van der Waals surface area contributed by atoms with Crippen molar-refractivity contribution >= 4 is 29.5 Å². The second kappa shape index (κ2) is 12.0. The monoisotopic (exact) mass is 530 g/mol. The molecule has 3 rings (SSSR count). The van der Waals surface area contributed by atoms with Gasteiger partial charge in [0.2, 0.25) is 5.91 Å². The minimum Gasteiger partial charge on any atom is -0.476 e. The molecule has 10 heteroatoms. The summed E-state index contributed by atoms with van der Waals surface area (Å²) in [6.07, 6.45) is 2.17. The number of ether oxygens (including phenoxy) is 1. The molecule has 0 aromatic heterocycles. The lowest BCUT2D eigenvalue weighted by Gasteiger charge is -2.42. The van der Waals surface area contributed by atoms with Gasteiger partial charge in [-0.1, -0.05) is 13.8 Å². The predicted octanol–water partition coefficient (Wildman–Crippen LogP) is 3.66. The van der Waals surface area contributed by atoms with E-state index in [1.54, 1.807) is 29.7 Å². The largest absolute Gasteiger partial charge is 0.476 e. The zero-order valence-electron chi connectivity index (χ0n) is 23.5. The molecule has 1 atom stereocenters. The summed E-state index contributed by atoms with van der Waals surface area (Å²) in [4.78, 5) is 55.8. The number of rotatable bonds is 9. The van der Waals surface area contributed by atoms with Crippen LogP contribution in [0.2, 0.25) is 0 Å². The Bertz CT molecular complexity index is 1070. The van der Waals surface area contributed by atoms with Crippen molar-refractivity contribution in [3.05, 3.63) is 23.3 Å². The molecule has 0 aliphatic carbocycles. The van der Waals surface area contributed by atoms with Crippen molar-refractivity contribution < 1.29 is 29.0 Å². The van der Waals surface area contributed by atoms with Crippen LogP contribution < -0.4 is 15.0 Å². The van der Waals surface area contributed by atoms with Gasteiger partial charge in [0.05, 0.1) is 11.7 Å². The second-order valence-corrected chi connectivity index (χ2v) is 10.8. The summed E-state index contributed by atoms with van der Waals surface area (Å²) < 4.78 is 6.09. The number of piperidine rings is 1. The van der Waals surface area contributed by atoms with Crippen molar-refractivity contribution in [1.82, 2.24) is 15.1 Å². The van der Waals surface area contributed by atoms with E-state index in [1.165, 1.54) is 4.90 Å². The van der Waals surface area contributed by atoms with Crippen LogP contribution in [0.4, 0.5) is 10.5 Å². The molecule has 0 saturated carbocycles. The Hall–Kier alpha value is -3.30. The topological polar surface area (TPSA) is 119 Å². The summed E-state index contributed by atoms with van der Waals surface area (Å²) in [5.74, 6) is 0.0157. The first-order valence-electron chi connectivity index (χ1n) is 13.7. The third-order valence-electron chi connectivity index (χ3n) is 7.20. The number of carboxylic acid groups (broad SMARTS) is 1. The van der Waals surface area contributed by atoms with E-state index in [1.807, 2.05) is 33.8 Å². The molecule has 0 spiro atoms. The number of nitrogens with one attached hydrogen (secondary N) is 1. The number of likely N-dealkylation sites (tertiary alicyclic amines) is 1. The average molecular weight is 531 g/mol. The molecule has 2 heterocycles. The predicted molar refractivity (Wildman–Crippen MR) is 145 cm³/mol. The van der Waals surface area contributed by atoms with Crippen molar-refractivity contribution in [2.45, 2.75) is 91.3 Å². The van der Waals surface area contributed by atoms with Crippen LogP contribution in [0.3, 0.4) is 0 Å². The van der Waals surface area contributed by atoms with Crippen molar-refractivity contribution in [3.63, 3.8) is 0 Å². The minimum atomic E-state index is -1.09. The van der Waals surface area contributed by atoms with Gasteiger partial charge < -0.3 is 29.9 Å². The molecule has 2 aliphatic rings. The summed E-state index contributed by atoms with van der Waals surface area (Å²) in [6, 6.07) is 3.17. The molecule has 2 N–H and O–H groups in total. The van der Waals surface area contributed by atoms with Crippen LogP contribution in [0, 0.1) is 0 Å². The van der Waals surface area contributed by atoms with Gasteiger partial charge in [0.15, 0.2) is 5.60 Å². The van der Waals surface area contributed by atoms with Gasteiger partial charge in [-0.05, 0) is 71.1 Å². The van der Waals surface area contributed by atoms with Gasteiger partial charge in [0.25, 0.3) is 11.8 Å². The van der Waals surface area contributed by atoms with Crippen molar-refractivity contribution in [2.75, 3.05) is 31.1 Å². The molecule has 0 radical (unpaired) electrons. The zero-order valence-corrected chi connectivity index (χ0v) is 23.5. The number of benzene rings is 1. The van der Waals surface area contributed by atoms with Gasteiger partial charge in [-0.3, -0.25) is 14.4 Å². The SMILES string of the molecule is CCCC(=O)NCCN1C(=O)C(C)(C)Oc2cc(CC)c(C(=O)N(C(C)C)[C@@H]3CCCN(C(=O)O)C3)cc21. The first-order chi connectivity index (χ1) is 17.9. The first kappa shape index (κ1) is 29.3. The smallest absolute Gasteiger partial charge is 0.407 e. The van der Waals surface area contributed by atoms with E-state index in [-0.39, 0.29) is 49.4 Å². The highest BCUT2D eigenvalue weighted by Gasteiger charge is 2.42. The van der Waals surface area contributed by atoms with E-state index in [0.717, 1.165) is 18.4 Å². The van der Waals surface area contributed by atoms with Crippen LogP contribution in [0.5, 0.6) is 5.75 Å². The van der Waals surface area contributed by atoms with Crippen LogP contribution in [-0.2, 0) is 16.0 Å². The second-order valence-electron chi connectivity index (χ2n) is 10.8. The molecular weight excluding hydrogens is 488 g/mol. The highest BCUT2D eigenvalue weighted by Crippen LogP contribution is 2.40. The van der Waals surface area contributed by atoms with Crippen molar-refractivity contribution in [1.29, 1.82) is 0 Å². The molecule has 0 unspecified atom stereocenters. The molecule has 2 aliphatic heterocycles. The Kier molecular flexibility index (Phi) is 9.27. The molecule has 1 saturated heterocycles. The summed E-state index contributed by atoms with van der Waals surface area (Å²) in [5, 5.41) is 12.4. The number of carbonyl (C=O) groups excluding carboxylic acids is 3. The molecule has 38 heavy (non-hydrogen) atoms. The first-order valence-corrected chi connectivity index (χ1v) is 13.7. The van der Waals surface area contributed by atoms with Crippen LogP contribution in [-0.4, -0.2) is 82.6 Å². The standard InChI is InChI=1S/C28H42N4O6/c1-7-10-24(33)29-12-14-31-22-16-21(19(8-2)15-23(22)38-28(5,6)26(31)35)25(34)32(18(3)4)20-11-9-13-30(17-20)27(36)37/h15-16,18,20H,7-14,17H2,1-6H3,(H,29,33)(H,36,37)/t20-/m1/s1. The third-order valence-corrected chi connectivity index (χ3v) is 7.20. The van der Waals surface area contributed by atoms with Gasteiger partial charge in [-0.15, -0.1) is 0 Å². The summed E-state index contributed by atoms with van der Waals surface area (Å²) in [6.45, 7) is 12.4. The van der Waals surface area contributed by atoms with Gasteiger partial charge in [0.1, 0.15) is 5.75 Å². The van der Waals surface area contributed by atoms with Crippen LogP contribution in [0.25, 0.3) is 0 Å². The maximum absolute atomic E-state index is 14.1. The van der Waals surface area contributed by atoms with Crippen LogP contribution >= 0.6 is 0 Å². The van der Waals surface area contributed by atoms with E-state index in [9.17, 15) is 24.3 Å². The highest BCUT2D eigenvalue weighted by molar-refractivity contribution is 6.05. The molecule has 10 nitrogen and oxygen atoms in total. The lowest BCUT2D eigenvalue weighted by Crippen LogP contribution is -2.55. The third kappa shape index (κ3) is 6.22. The number of hydrogen-bond acceptors (Lipinski definition) is 5. The Balaban J connectivity index is 1.98. The fraction of sp³-hybridized carbons (Fsp3) is 0.643. The number of aryl methyl sites for hydroxylation is 1. The fourth-order valence-electron chi connectivity index (χ4n) is 5.31. The maximum Gasteiger partial charge on any atom is 0.407 e. The van der Waals surface area contributed by atoms with E-state index in [0.29, 0.717) is 42.8 Å². The normalized spacial score (nSPS) is 18.6. The number of fused-ring (bicyclic) bond motifs is 1. The number of anilines is 1. The van der Waals surface area contributed by atoms with Gasteiger partial charge in [-0.25, -0.2) is 4.79 Å². The summed E-state index contributed by atoms with van der Waals surface area (Å²) >= 11 is 0. The number of hydrogen-bond donors (Lipinski definition) is 2. The van der Waals surface area contributed by atoms with Gasteiger partial charge in [0, 0.05) is 44.2 Å². The minimum absolute atomic E-state index is 0.0691. The zero-order chi connectivity index (χ0) is 28.2. The van der Waals surface area contributed by atoms with Crippen molar-refractivity contribution in [3.8, 4) is 5.75 Å². The quantitative estimate of drug-likeness (QED) is 0.503. The van der Waals surface area contributed by atoms with E-state index in [2.05, 4.69) is 5.32 Å². The lowest BCUT2D eigenvalue weighted by atomic mass is 9.96. The number of amides is 4. The molecule has 210 valence electrons. The Morgan fingerprint density at radius 3 is 2.55 bits per heavy atom. The van der Waals surface area contributed by atoms with Gasteiger partial charge in [-0.2, -0.15) is 0 Å². The van der Waals surface area contributed by atoms with Crippen LogP contribution in [0.15, 0.2) is 12.1 Å². The van der Waals surface area contributed by atoms with E-state index < -0.39 is 11.7 Å². The molecule has 1 fully saturated rings. The lowest BCUT2D eigenvalue weighted by molar-refractivity contribution is -0.132. The summed E-state index contributed by atoms with van der Waals surface area (Å²) in [7, 11) is 0. The van der Waals surface area contributed by atoms with Gasteiger partial charge >= 0.3 is 6.09 Å². The highest BCUT2D eigenvalue weighted by atomic mass is 16.5. The number of nitrogens with zero attached hydrogens (tertiary/aromatic N) is 3. The number of carbonyl (C=O) groups is 4. The molecule has 1 aromatic carbocycles. The molecule has 0 bridgehead atoms. The van der Waals surface area contributed by atoms with E-state index >= 15 is 0 Å². The Labute approximate surface area is 225 Å². The summed E-state index contributed by atoms with van der Waals surface area (Å²) in [5.41, 5.74) is 0.679. The maximum atomic E-state index is 14.1. The fourth-order valence-corrected chi connectivity index (χ4v) is 5.31. The molecular formula is C28H42N4O6. The Morgan fingerprint density at radius 1 is 1.24 bits per heavy atom. The Morgan fingerprint density at radius 2 is 1.95 bits per heavy atom. The van der Waals surface area contributed by atoms with Crippen LogP contribution in [0.1, 0.15) is 83.1 Å². The van der Waals surface area contributed by atoms with E-state index in [4.69, 9.17) is 4.74 Å². The molecule has 1 aromatic rings. The average Bonchev–Trinajstić information content (AvgIpc) is 2.85. The van der Waals surface area contributed by atoms with Crippen molar-refractivity contribution in [2.24, 2.45) is 0 Å².